The minimum atomic E-state index is -0.0266. The van der Waals surface area contributed by atoms with Crippen molar-refractivity contribution in [1.29, 1.82) is 0 Å². The minimum Gasteiger partial charge on any atom is -0.494 e. The van der Waals surface area contributed by atoms with Crippen LogP contribution in [0.2, 0.25) is 5.02 Å². The molecule has 26 heavy (non-hydrogen) atoms. The fourth-order valence-corrected chi connectivity index (χ4v) is 2.48. The van der Waals surface area contributed by atoms with Gasteiger partial charge in [0.25, 0.3) is 0 Å². The summed E-state index contributed by atoms with van der Waals surface area (Å²) in [5.41, 5.74) is 0.773. The van der Waals surface area contributed by atoms with Crippen LogP contribution in [0.5, 0.6) is 11.5 Å². The molecule has 0 aliphatic heterocycles. The van der Waals surface area contributed by atoms with Crippen LogP contribution in [-0.2, 0) is 4.79 Å². The van der Waals surface area contributed by atoms with Crippen molar-refractivity contribution in [3.8, 4) is 11.5 Å². The van der Waals surface area contributed by atoms with Crippen LogP contribution in [0.1, 0.15) is 39.0 Å². The molecule has 2 aromatic rings. The highest BCUT2D eigenvalue weighted by atomic mass is 35.5. The summed E-state index contributed by atoms with van der Waals surface area (Å²) in [6.45, 7) is 3.38. The summed E-state index contributed by atoms with van der Waals surface area (Å²) >= 11 is 5.82. The highest BCUT2D eigenvalue weighted by Gasteiger charge is 2.03. The van der Waals surface area contributed by atoms with Crippen molar-refractivity contribution in [2.45, 2.75) is 39.0 Å². The monoisotopic (exact) mass is 375 g/mol. The van der Waals surface area contributed by atoms with E-state index in [1.54, 1.807) is 12.1 Å². The molecule has 0 fully saturated rings. The molecular weight excluding hydrogens is 350 g/mol. The fourth-order valence-electron chi connectivity index (χ4n) is 2.35. The largest absolute Gasteiger partial charge is 0.494 e. The summed E-state index contributed by atoms with van der Waals surface area (Å²) in [5.74, 6) is 1.56. The van der Waals surface area contributed by atoms with Gasteiger partial charge in [-0.2, -0.15) is 0 Å². The second-order valence-electron chi connectivity index (χ2n) is 6.03. The second-order valence-corrected chi connectivity index (χ2v) is 6.47. The van der Waals surface area contributed by atoms with E-state index in [-0.39, 0.29) is 5.91 Å². The minimum absolute atomic E-state index is 0.0266. The van der Waals surface area contributed by atoms with E-state index in [1.807, 2.05) is 36.4 Å². The van der Waals surface area contributed by atoms with E-state index < -0.39 is 0 Å². The molecule has 0 aliphatic carbocycles. The van der Waals surface area contributed by atoms with Crippen LogP contribution < -0.4 is 14.8 Å². The first-order chi connectivity index (χ1) is 12.7. The molecule has 1 amide bonds. The Bertz CT molecular complexity index is 656. The molecule has 140 valence electrons. The number of amides is 1. The van der Waals surface area contributed by atoms with Crippen molar-refractivity contribution in [1.82, 2.24) is 0 Å². The quantitative estimate of drug-likeness (QED) is 0.512. The summed E-state index contributed by atoms with van der Waals surface area (Å²) in [5, 5.41) is 3.56. The van der Waals surface area contributed by atoms with Gasteiger partial charge in [-0.25, -0.2) is 0 Å². The number of nitrogens with one attached hydrogen (secondary N) is 1. The van der Waals surface area contributed by atoms with Crippen LogP contribution >= 0.6 is 11.6 Å². The molecule has 1 N–H and O–H groups in total. The Morgan fingerprint density at radius 1 is 0.885 bits per heavy atom. The summed E-state index contributed by atoms with van der Waals surface area (Å²) < 4.78 is 11.2. The van der Waals surface area contributed by atoms with E-state index in [0.29, 0.717) is 24.5 Å². The molecule has 0 saturated heterocycles. The third-order valence-electron chi connectivity index (χ3n) is 3.79. The van der Waals surface area contributed by atoms with Crippen LogP contribution in [0.3, 0.4) is 0 Å². The molecule has 5 heteroatoms. The number of carbonyl (C=O) groups is 1. The second kappa shape index (κ2) is 11.4. The molecule has 0 atom stereocenters. The summed E-state index contributed by atoms with van der Waals surface area (Å²) in [6, 6.07) is 14.7. The van der Waals surface area contributed by atoms with Gasteiger partial charge in [0.15, 0.2) is 0 Å². The summed E-state index contributed by atoms with van der Waals surface area (Å²) in [6.07, 6.45) is 4.47. The number of ether oxygens (including phenoxy) is 2. The smallest absolute Gasteiger partial charge is 0.224 e. The van der Waals surface area contributed by atoms with Gasteiger partial charge in [-0.1, -0.05) is 31.4 Å². The Kier molecular flexibility index (Phi) is 8.84. The molecule has 4 nitrogen and oxygen atoms in total. The third kappa shape index (κ3) is 7.79. The molecule has 0 unspecified atom stereocenters. The van der Waals surface area contributed by atoms with E-state index >= 15 is 0 Å². The van der Waals surface area contributed by atoms with Crippen LogP contribution in [0.25, 0.3) is 0 Å². The predicted molar refractivity (Wildman–Crippen MR) is 106 cm³/mol. The molecule has 0 aromatic heterocycles. The maximum atomic E-state index is 12.0. The fraction of sp³-hybridized carbons (Fsp3) is 0.381. The highest BCUT2D eigenvalue weighted by Crippen LogP contribution is 2.17. The first-order valence-corrected chi connectivity index (χ1v) is 9.46. The number of rotatable bonds is 11. The summed E-state index contributed by atoms with van der Waals surface area (Å²) in [4.78, 5) is 12.0. The Balaban J connectivity index is 1.63. The lowest BCUT2D eigenvalue weighted by Gasteiger charge is -2.09. The molecule has 0 radical (unpaired) electrons. The van der Waals surface area contributed by atoms with Gasteiger partial charge in [-0.15, -0.1) is 0 Å². The maximum Gasteiger partial charge on any atom is 0.224 e. The van der Waals surface area contributed by atoms with Crippen molar-refractivity contribution in [2.24, 2.45) is 0 Å². The average molecular weight is 376 g/mol. The first-order valence-electron chi connectivity index (χ1n) is 9.08. The zero-order valence-corrected chi connectivity index (χ0v) is 15.9. The van der Waals surface area contributed by atoms with Gasteiger partial charge in [-0.3, -0.25) is 4.79 Å². The van der Waals surface area contributed by atoms with E-state index in [1.165, 1.54) is 12.8 Å². The van der Waals surface area contributed by atoms with Gasteiger partial charge in [0.2, 0.25) is 5.91 Å². The van der Waals surface area contributed by atoms with Crippen LogP contribution in [0.15, 0.2) is 48.5 Å². The van der Waals surface area contributed by atoms with E-state index in [2.05, 4.69) is 12.2 Å². The number of carbonyl (C=O) groups excluding carboxylic acids is 1. The standard InChI is InChI=1S/C21H26ClNO3/c1-2-3-4-15-25-20-13-9-18(10-14-20)23-21(24)6-5-16-26-19-11-7-17(22)8-12-19/h7-14H,2-6,15-16H2,1H3,(H,23,24). The van der Waals surface area contributed by atoms with Crippen molar-refractivity contribution < 1.29 is 14.3 Å². The molecule has 2 aromatic carbocycles. The Hall–Kier alpha value is -2.20. The third-order valence-corrected chi connectivity index (χ3v) is 4.04. The molecule has 2 rings (SSSR count). The number of hydrogen-bond acceptors (Lipinski definition) is 3. The first kappa shape index (κ1) is 20.1. The Morgan fingerprint density at radius 3 is 2.08 bits per heavy atom. The van der Waals surface area contributed by atoms with Crippen molar-refractivity contribution >= 4 is 23.2 Å². The normalized spacial score (nSPS) is 10.4. The van der Waals surface area contributed by atoms with Gasteiger partial charge in [-0.05, 0) is 61.4 Å². The lowest BCUT2D eigenvalue weighted by molar-refractivity contribution is -0.116. The number of unbranched alkanes of at least 4 members (excludes halogenated alkanes) is 2. The summed E-state index contributed by atoms with van der Waals surface area (Å²) in [7, 11) is 0. The number of halogens is 1. The van der Waals surface area contributed by atoms with Gasteiger partial charge >= 0.3 is 0 Å². The van der Waals surface area contributed by atoms with Gasteiger partial charge in [0.1, 0.15) is 11.5 Å². The van der Waals surface area contributed by atoms with E-state index in [0.717, 1.165) is 30.2 Å². The van der Waals surface area contributed by atoms with Crippen molar-refractivity contribution in [2.75, 3.05) is 18.5 Å². The Morgan fingerprint density at radius 2 is 1.46 bits per heavy atom. The number of benzene rings is 2. The molecular formula is C21H26ClNO3. The SMILES string of the molecule is CCCCCOc1ccc(NC(=O)CCCOc2ccc(Cl)cc2)cc1. The predicted octanol–water partition coefficient (Wildman–Crippen LogP) is 5.71. The average Bonchev–Trinajstić information content (AvgIpc) is 2.65. The van der Waals surface area contributed by atoms with Gasteiger partial charge < -0.3 is 14.8 Å². The van der Waals surface area contributed by atoms with Crippen molar-refractivity contribution in [3.05, 3.63) is 53.6 Å². The van der Waals surface area contributed by atoms with Crippen LogP contribution in [-0.4, -0.2) is 19.1 Å². The van der Waals surface area contributed by atoms with Crippen LogP contribution in [0, 0.1) is 0 Å². The van der Waals surface area contributed by atoms with Crippen molar-refractivity contribution in [3.63, 3.8) is 0 Å². The maximum absolute atomic E-state index is 12.0. The van der Waals surface area contributed by atoms with Gasteiger partial charge in [0, 0.05) is 17.1 Å². The molecule has 0 aliphatic rings. The number of hydrogen-bond donors (Lipinski definition) is 1. The topological polar surface area (TPSA) is 47.6 Å². The molecule has 0 saturated carbocycles. The molecule has 0 bridgehead atoms. The highest BCUT2D eigenvalue weighted by molar-refractivity contribution is 6.30. The Labute approximate surface area is 160 Å². The zero-order chi connectivity index (χ0) is 18.6. The van der Waals surface area contributed by atoms with Gasteiger partial charge in [0.05, 0.1) is 13.2 Å². The van der Waals surface area contributed by atoms with E-state index in [9.17, 15) is 4.79 Å². The van der Waals surface area contributed by atoms with E-state index in [4.69, 9.17) is 21.1 Å². The molecule has 0 spiro atoms. The number of anilines is 1. The lowest BCUT2D eigenvalue weighted by atomic mass is 10.2. The zero-order valence-electron chi connectivity index (χ0n) is 15.2. The lowest BCUT2D eigenvalue weighted by Crippen LogP contribution is -2.12. The van der Waals surface area contributed by atoms with Crippen LogP contribution in [0.4, 0.5) is 5.69 Å². The molecule has 0 heterocycles.